The minimum atomic E-state index is -0.568. The van der Waals surface area contributed by atoms with Gasteiger partial charge in [-0.15, -0.1) is 0 Å². The molecule has 6 N–H and O–H groups in total. The lowest BCUT2D eigenvalue weighted by molar-refractivity contribution is 0.0208. The molecule has 0 aliphatic carbocycles. The van der Waals surface area contributed by atoms with E-state index in [-0.39, 0.29) is 24.3 Å². The molecule has 0 unspecified atom stereocenters. The van der Waals surface area contributed by atoms with Gasteiger partial charge in [-0.3, -0.25) is 9.80 Å². The van der Waals surface area contributed by atoms with Gasteiger partial charge in [0.25, 0.3) is 0 Å². The number of ether oxygens (including phenoxy) is 2. The zero-order valence-electron chi connectivity index (χ0n) is 29.6. The van der Waals surface area contributed by atoms with Crippen molar-refractivity contribution in [2.45, 2.75) is 90.5 Å². The van der Waals surface area contributed by atoms with Gasteiger partial charge in [0.15, 0.2) is 0 Å². The summed E-state index contributed by atoms with van der Waals surface area (Å²) in [4.78, 5) is 45.5. The van der Waals surface area contributed by atoms with Crippen molar-refractivity contribution in [1.29, 1.82) is 0 Å². The Hall–Kier alpha value is -5.26. The Morgan fingerprint density at radius 1 is 0.680 bits per heavy atom. The number of H-pyrrole nitrogens is 2. The van der Waals surface area contributed by atoms with Gasteiger partial charge in [-0.25, -0.2) is 19.6 Å². The van der Waals surface area contributed by atoms with E-state index in [2.05, 4.69) is 32.1 Å². The van der Waals surface area contributed by atoms with Gasteiger partial charge in [-0.1, -0.05) is 24.3 Å². The Morgan fingerprint density at radius 3 is 1.46 bits per heavy atom. The highest BCUT2D eigenvalue weighted by molar-refractivity contribution is 6.20. The first-order chi connectivity index (χ1) is 23.7. The van der Waals surface area contributed by atoms with E-state index >= 15 is 0 Å². The van der Waals surface area contributed by atoms with Crippen LogP contribution in [0.4, 0.5) is 21.0 Å². The molecule has 2 aliphatic heterocycles. The van der Waals surface area contributed by atoms with E-state index in [4.69, 9.17) is 20.9 Å². The second kappa shape index (κ2) is 12.3. The van der Waals surface area contributed by atoms with Crippen molar-refractivity contribution in [3.8, 4) is 22.5 Å². The monoisotopic (exact) mass is 678 g/mol. The molecular formula is C38H46N8O4. The lowest BCUT2D eigenvalue weighted by Gasteiger charge is -2.27. The van der Waals surface area contributed by atoms with Crippen LogP contribution in [0.1, 0.15) is 91.0 Å². The summed E-state index contributed by atoms with van der Waals surface area (Å²) < 4.78 is 11.3. The third-order valence-corrected chi connectivity index (χ3v) is 9.41. The van der Waals surface area contributed by atoms with E-state index in [0.717, 1.165) is 81.4 Å². The van der Waals surface area contributed by atoms with E-state index in [0.29, 0.717) is 24.5 Å². The number of carbonyl (C=O) groups is 2. The number of rotatable bonds is 4. The quantitative estimate of drug-likeness (QED) is 0.0840. The Kier molecular flexibility index (Phi) is 8.15. The van der Waals surface area contributed by atoms with Gasteiger partial charge in [-0.2, -0.15) is 0 Å². The van der Waals surface area contributed by atoms with Crippen LogP contribution < -0.4 is 11.5 Å². The topological polar surface area (TPSA) is 168 Å². The smallest absolute Gasteiger partial charge is 0.410 e. The van der Waals surface area contributed by atoms with Crippen molar-refractivity contribution in [2.24, 2.45) is 0 Å². The van der Waals surface area contributed by atoms with Crippen LogP contribution in [0.2, 0.25) is 0 Å². The SMILES string of the molecule is CC(C)(C)OC(=O)N1CCC[C@H]1c1ncc(-c2ccc3c(c2)c(N)c(N)c2cc(-c4cnc([C@@H]5CCCN5C(=O)OC(C)(C)C)[nH]4)ccc23)[nH]1. The number of amides is 2. The van der Waals surface area contributed by atoms with Gasteiger partial charge in [0.05, 0.1) is 47.2 Å². The van der Waals surface area contributed by atoms with E-state index < -0.39 is 11.2 Å². The van der Waals surface area contributed by atoms with Gasteiger partial charge in [-0.05, 0) is 90.1 Å². The zero-order valence-corrected chi connectivity index (χ0v) is 29.6. The van der Waals surface area contributed by atoms with Crippen molar-refractivity contribution in [1.82, 2.24) is 29.7 Å². The largest absolute Gasteiger partial charge is 0.444 e. The maximum Gasteiger partial charge on any atom is 0.410 e. The number of hydrogen-bond donors (Lipinski definition) is 4. The lowest BCUT2D eigenvalue weighted by atomic mass is 9.95. The van der Waals surface area contributed by atoms with E-state index in [9.17, 15) is 9.59 Å². The van der Waals surface area contributed by atoms with Crippen molar-refractivity contribution < 1.29 is 19.1 Å². The summed E-state index contributed by atoms with van der Waals surface area (Å²) in [6.07, 6.45) is 6.34. The van der Waals surface area contributed by atoms with E-state index in [1.54, 1.807) is 22.2 Å². The fourth-order valence-corrected chi connectivity index (χ4v) is 7.11. The van der Waals surface area contributed by atoms with Gasteiger partial charge in [0, 0.05) is 35.0 Å². The maximum absolute atomic E-state index is 12.9. The zero-order chi connectivity index (χ0) is 35.5. The van der Waals surface area contributed by atoms with Crippen LogP contribution in [0.5, 0.6) is 0 Å². The summed E-state index contributed by atoms with van der Waals surface area (Å²) in [5.74, 6) is 1.46. The molecule has 0 radical (unpaired) electrons. The lowest BCUT2D eigenvalue weighted by Crippen LogP contribution is -2.36. The number of benzene rings is 3. The number of hydrogen-bond acceptors (Lipinski definition) is 8. The van der Waals surface area contributed by atoms with Gasteiger partial charge in [0.1, 0.15) is 22.9 Å². The average molecular weight is 679 g/mol. The van der Waals surface area contributed by atoms with Crippen LogP contribution in [0.3, 0.4) is 0 Å². The molecule has 12 heteroatoms. The maximum atomic E-state index is 12.9. The highest BCUT2D eigenvalue weighted by atomic mass is 16.6. The highest BCUT2D eigenvalue weighted by Gasteiger charge is 2.36. The first-order valence-corrected chi connectivity index (χ1v) is 17.3. The molecule has 0 saturated carbocycles. The van der Waals surface area contributed by atoms with E-state index in [1.165, 1.54) is 0 Å². The number of nitrogens with zero attached hydrogens (tertiary/aromatic N) is 4. The van der Waals surface area contributed by atoms with Crippen LogP contribution in [-0.2, 0) is 9.47 Å². The van der Waals surface area contributed by atoms with Crippen molar-refractivity contribution in [2.75, 3.05) is 24.6 Å². The van der Waals surface area contributed by atoms with Gasteiger partial charge in [0.2, 0.25) is 0 Å². The van der Waals surface area contributed by atoms with Gasteiger partial charge >= 0.3 is 12.2 Å². The van der Waals surface area contributed by atoms with Crippen molar-refractivity contribution in [3.63, 3.8) is 0 Å². The Bertz CT molecular complexity index is 1950. The molecule has 7 rings (SSSR count). The number of anilines is 2. The molecule has 0 spiro atoms. The molecule has 2 atom stereocenters. The predicted molar refractivity (Wildman–Crippen MR) is 195 cm³/mol. The highest BCUT2D eigenvalue weighted by Crippen LogP contribution is 2.41. The van der Waals surface area contributed by atoms with Crippen LogP contribution in [0, 0.1) is 0 Å². The molecule has 3 aromatic carbocycles. The molecule has 2 fully saturated rings. The molecule has 12 nitrogen and oxygen atoms in total. The van der Waals surface area contributed by atoms with Crippen molar-refractivity contribution >= 4 is 45.1 Å². The Morgan fingerprint density at radius 2 is 1.08 bits per heavy atom. The number of aromatic nitrogens is 4. The van der Waals surface area contributed by atoms with Gasteiger partial charge < -0.3 is 30.9 Å². The van der Waals surface area contributed by atoms with Crippen LogP contribution in [-0.4, -0.2) is 66.2 Å². The standard InChI is InChI=1S/C38H46N8O4/c1-37(2,3)49-35(47)45-15-7-9-29(45)33-41-19-27(43-33)21-11-13-23-24-14-12-22(18-26(24)32(40)31(39)25(23)17-21)28-20-42-34(44-28)30-10-8-16-46(30)36(48)50-38(4,5)6/h11-14,17-20,29-30H,7-10,15-16,39-40H2,1-6H3,(H,41,43)(H,42,44)/t29-,30-/m0/s1. The second-order valence-electron chi connectivity index (χ2n) is 15.4. The first kappa shape index (κ1) is 33.2. The summed E-state index contributed by atoms with van der Waals surface area (Å²) in [7, 11) is 0. The third kappa shape index (κ3) is 6.30. The molecule has 5 aromatic rings. The number of nitrogens with one attached hydrogen (secondary N) is 2. The van der Waals surface area contributed by atoms with Crippen LogP contribution in [0.25, 0.3) is 44.1 Å². The number of nitrogen functional groups attached to an aromatic ring is 2. The molecule has 0 bridgehead atoms. The normalized spacial score (nSPS) is 18.4. The summed E-state index contributed by atoms with van der Waals surface area (Å²) in [5, 5.41) is 3.66. The third-order valence-electron chi connectivity index (χ3n) is 9.41. The molecule has 50 heavy (non-hydrogen) atoms. The number of nitrogens with two attached hydrogens (primary N) is 2. The molecule has 2 saturated heterocycles. The number of imidazole rings is 2. The fraction of sp³-hybridized carbons (Fsp3) is 0.421. The minimum Gasteiger partial charge on any atom is -0.444 e. The fourth-order valence-electron chi connectivity index (χ4n) is 7.11. The second-order valence-corrected chi connectivity index (χ2v) is 15.4. The molecule has 4 heterocycles. The first-order valence-electron chi connectivity index (χ1n) is 17.3. The molecule has 262 valence electrons. The Balaban J connectivity index is 1.15. The predicted octanol–water partition coefficient (Wildman–Crippen LogP) is 8.08. The molecule has 2 aliphatic rings. The summed E-state index contributed by atoms with van der Waals surface area (Å²) in [6.45, 7) is 12.5. The summed E-state index contributed by atoms with van der Waals surface area (Å²) >= 11 is 0. The number of fused-ring (bicyclic) bond motifs is 3. The summed E-state index contributed by atoms with van der Waals surface area (Å²) in [5.41, 5.74) is 16.8. The van der Waals surface area contributed by atoms with Crippen molar-refractivity contribution in [3.05, 3.63) is 60.4 Å². The van der Waals surface area contributed by atoms with Crippen LogP contribution >= 0.6 is 0 Å². The van der Waals surface area contributed by atoms with E-state index in [1.807, 2.05) is 65.8 Å². The number of carbonyl (C=O) groups excluding carboxylic acids is 2. The molecule has 2 amide bonds. The average Bonchev–Trinajstić information content (AvgIpc) is 3.87. The summed E-state index contributed by atoms with van der Waals surface area (Å²) in [6, 6.07) is 11.9. The molecular weight excluding hydrogens is 632 g/mol. The van der Waals surface area contributed by atoms with Crippen LogP contribution in [0.15, 0.2) is 48.8 Å². The minimum absolute atomic E-state index is 0.175. The molecule has 2 aromatic heterocycles. The number of aromatic amines is 2. The number of likely N-dealkylation sites (tertiary alicyclic amines) is 2. The Labute approximate surface area is 291 Å².